The number of aryl methyl sites for hydroxylation is 3. The molecule has 106 valence electrons. The Morgan fingerprint density at radius 1 is 1.20 bits per heavy atom. The normalized spacial score (nSPS) is 10.6. The lowest BCUT2D eigenvalue weighted by Crippen LogP contribution is -2.12. The number of rotatable bonds is 3. The highest BCUT2D eigenvalue weighted by atomic mass is 16.5. The summed E-state index contributed by atoms with van der Waals surface area (Å²) in [6.45, 7) is 6.86. The molecule has 0 bridgehead atoms. The van der Waals surface area contributed by atoms with Gasteiger partial charge < -0.3 is 15.0 Å². The number of nitrogen functional groups attached to an aromatic ring is 1. The van der Waals surface area contributed by atoms with Gasteiger partial charge in [0, 0.05) is 12.7 Å². The third-order valence-electron chi connectivity index (χ3n) is 3.48. The van der Waals surface area contributed by atoms with Crippen molar-refractivity contribution in [2.45, 2.75) is 27.3 Å². The Labute approximate surface area is 119 Å². The molecule has 0 atom stereocenters. The maximum atomic E-state index is 11.8. The number of nitrogens with zero attached hydrogens (tertiary/aromatic N) is 1. The van der Waals surface area contributed by atoms with Crippen LogP contribution in [0.25, 0.3) is 0 Å². The van der Waals surface area contributed by atoms with Gasteiger partial charge in [0.25, 0.3) is 0 Å². The second-order valence-corrected chi connectivity index (χ2v) is 5.16. The molecule has 2 N–H and O–H groups in total. The monoisotopic (exact) mass is 272 g/mol. The van der Waals surface area contributed by atoms with E-state index in [4.69, 9.17) is 10.5 Å². The van der Waals surface area contributed by atoms with Crippen LogP contribution in [0.2, 0.25) is 0 Å². The average molecular weight is 272 g/mol. The zero-order valence-electron chi connectivity index (χ0n) is 12.4. The summed E-state index contributed by atoms with van der Waals surface area (Å²) in [5.74, 6) is -0.371. The van der Waals surface area contributed by atoms with Crippen molar-refractivity contribution in [3.63, 3.8) is 0 Å². The van der Waals surface area contributed by atoms with Crippen LogP contribution in [-0.4, -0.2) is 17.6 Å². The van der Waals surface area contributed by atoms with E-state index in [0.29, 0.717) is 17.9 Å². The number of hydrogen-bond donors (Lipinski definition) is 1. The minimum Gasteiger partial charge on any atom is -0.464 e. The summed E-state index contributed by atoms with van der Waals surface area (Å²) in [6, 6.07) is 5.94. The number of aromatic nitrogens is 1. The van der Waals surface area contributed by atoms with Gasteiger partial charge in [0.1, 0.15) is 5.69 Å². The predicted octanol–water partition coefficient (Wildman–Crippen LogP) is 2.83. The Morgan fingerprint density at radius 3 is 2.35 bits per heavy atom. The number of ether oxygens (including phenoxy) is 1. The fourth-order valence-corrected chi connectivity index (χ4v) is 2.57. The fourth-order valence-electron chi connectivity index (χ4n) is 2.57. The van der Waals surface area contributed by atoms with Crippen molar-refractivity contribution in [1.82, 2.24) is 4.57 Å². The van der Waals surface area contributed by atoms with Crippen molar-refractivity contribution in [2.24, 2.45) is 0 Å². The zero-order chi connectivity index (χ0) is 14.9. The van der Waals surface area contributed by atoms with E-state index in [-0.39, 0.29) is 5.97 Å². The number of hydrogen-bond acceptors (Lipinski definition) is 3. The van der Waals surface area contributed by atoms with Crippen molar-refractivity contribution < 1.29 is 9.53 Å². The van der Waals surface area contributed by atoms with Gasteiger partial charge in [-0.05, 0) is 43.5 Å². The molecule has 0 aliphatic rings. The van der Waals surface area contributed by atoms with Crippen LogP contribution in [-0.2, 0) is 11.3 Å². The van der Waals surface area contributed by atoms with Crippen molar-refractivity contribution in [2.75, 3.05) is 12.8 Å². The molecule has 0 radical (unpaired) electrons. The first kappa shape index (κ1) is 14.2. The van der Waals surface area contributed by atoms with Gasteiger partial charge in [0.05, 0.1) is 12.8 Å². The number of carbonyl (C=O) groups is 1. The van der Waals surface area contributed by atoms with E-state index in [1.54, 1.807) is 12.3 Å². The zero-order valence-corrected chi connectivity index (χ0v) is 12.4. The molecule has 1 aromatic heterocycles. The summed E-state index contributed by atoms with van der Waals surface area (Å²) < 4.78 is 6.63. The Morgan fingerprint density at radius 2 is 1.80 bits per heavy atom. The lowest BCUT2D eigenvalue weighted by Gasteiger charge is -2.14. The van der Waals surface area contributed by atoms with E-state index in [2.05, 4.69) is 32.9 Å². The van der Waals surface area contributed by atoms with Crippen molar-refractivity contribution in [3.8, 4) is 0 Å². The highest BCUT2D eigenvalue weighted by molar-refractivity contribution is 5.89. The van der Waals surface area contributed by atoms with Gasteiger partial charge in [0.2, 0.25) is 0 Å². The van der Waals surface area contributed by atoms with E-state index in [1.165, 1.54) is 29.4 Å². The minimum atomic E-state index is -0.371. The standard InChI is InChI=1S/C16H20N2O2/c1-10-5-11(2)14(12(3)6-10)9-18-8-13(17)7-15(18)16(19)20-4/h5-8H,9,17H2,1-4H3. The molecule has 4 heteroatoms. The smallest absolute Gasteiger partial charge is 0.354 e. The maximum Gasteiger partial charge on any atom is 0.354 e. The van der Waals surface area contributed by atoms with Crippen LogP contribution in [0.3, 0.4) is 0 Å². The summed E-state index contributed by atoms with van der Waals surface area (Å²) in [4.78, 5) is 11.8. The molecule has 0 saturated carbocycles. The molecule has 20 heavy (non-hydrogen) atoms. The van der Waals surface area contributed by atoms with Crippen LogP contribution < -0.4 is 5.73 Å². The molecule has 0 fully saturated rings. The van der Waals surface area contributed by atoms with Crippen LogP contribution in [0.5, 0.6) is 0 Å². The van der Waals surface area contributed by atoms with Gasteiger partial charge >= 0.3 is 5.97 Å². The van der Waals surface area contributed by atoms with Crippen molar-refractivity contribution in [3.05, 3.63) is 52.3 Å². The molecule has 0 aliphatic heterocycles. The molecule has 1 aromatic carbocycles. The molecule has 0 amide bonds. The topological polar surface area (TPSA) is 57.2 Å². The van der Waals surface area contributed by atoms with E-state index in [9.17, 15) is 4.79 Å². The Hall–Kier alpha value is -2.23. The minimum absolute atomic E-state index is 0.371. The Bertz CT molecular complexity index is 633. The van der Waals surface area contributed by atoms with E-state index in [1.807, 2.05) is 4.57 Å². The van der Waals surface area contributed by atoms with Gasteiger partial charge in [-0.25, -0.2) is 4.79 Å². The predicted molar refractivity (Wildman–Crippen MR) is 79.9 cm³/mol. The lowest BCUT2D eigenvalue weighted by atomic mass is 10.00. The van der Waals surface area contributed by atoms with Crippen LogP contribution in [0.1, 0.15) is 32.7 Å². The Balaban J connectivity index is 2.43. The van der Waals surface area contributed by atoms with E-state index >= 15 is 0 Å². The van der Waals surface area contributed by atoms with E-state index in [0.717, 1.165) is 0 Å². The summed E-state index contributed by atoms with van der Waals surface area (Å²) in [7, 11) is 1.37. The molecule has 4 nitrogen and oxygen atoms in total. The number of benzene rings is 1. The Kier molecular flexibility index (Phi) is 3.84. The molecule has 2 rings (SSSR count). The molecule has 2 aromatic rings. The third kappa shape index (κ3) is 2.69. The molecular weight excluding hydrogens is 252 g/mol. The first-order chi connectivity index (χ1) is 9.42. The first-order valence-electron chi connectivity index (χ1n) is 6.53. The fraction of sp³-hybridized carbons (Fsp3) is 0.312. The highest BCUT2D eigenvalue weighted by Gasteiger charge is 2.15. The van der Waals surface area contributed by atoms with Gasteiger partial charge in [-0.15, -0.1) is 0 Å². The van der Waals surface area contributed by atoms with Crippen molar-refractivity contribution >= 4 is 11.7 Å². The van der Waals surface area contributed by atoms with Gasteiger partial charge in [-0.2, -0.15) is 0 Å². The number of methoxy groups -OCH3 is 1. The number of carbonyl (C=O) groups excluding carboxylic acids is 1. The van der Waals surface area contributed by atoms with Gasteiger partial charge in [0.15, 0.2) is 0 Å². The molecule has 0 saturated heterocycles. The second kappa shape index (κ2) is 5.41. The quantitative estimate of drug-likeness (QED) is 0.874. The van der Waals surface area contributed by atoms with Gasteiger partial charge in [-0.3, -0.25) is 0 Å². The lowest BCUT2D eigenvalue weighted by molar-refractivity contribution is 0.0589. The summed E-state index contributed by atoms with van der Waals surface area (Å²) >= 11 is 0. The SMILES string of the molecule is COC(=O)c1cc(N)cn1Cc1c(C)cc(C)cc1C. The van der Waals surface area contributed by atoms with E-state index < -0.39 is 0 Å². The third-order valence-corrected chi connectivity index (χ3v) is 3.48. The van der Waals surface area contributed by atoms with Crippen LogP contribution >= 0.6 is 0 Å². The summed E-state index contributed by atoms with van der Waals surface area (Å²) in [6.07, 6.45) is 1.77. The van der Waals surface area contributed by atoms with Gasteiger partial charge in [-0.1, -0.05) is 17.7 Å². The van der Waals surface area contributed by atoms with Crippen LogP contribution in [0, 0.1) is 20.8 Å². The molecule has 0 aliphatic carbocycles. The maximum absolute atomic E-state index is 11.8. The molecule has 0 spiro atoms. The molecule has 1 heterocycles. The molecule has 0 unspecified atom stereocenters. The van der Waals surface area contributed by atoms with Crippen molar-refractivity contribution in [1.29, 1.82) is 0 Å². The van der Waals surface area contributed by atoms with Crippen LogP contribution in [0.15, 0.2) is 24.4 Å². The second-order valence-electron chi connectivity index (χ2n) is 5.16. The largest absolute Gasteiger partial charge is 0.464 e. The number of esters is 1. The summed E-state index contributed by atoms with van der Waals surface area (Å²) in [5, 5.41) is 0. The highest BCUT2D eigenvalue weighted by Crippen LogP contribution is 2.20. The number of anilines is 1. The first-order valence-corrected chi connectivity index (χ1v) is 6.53. The van der Waals surface area contributed by atoms with Crippen LogP contribution in [0.4, 0.5) is 5.69 Å². The number of nitrogens with two attached hydrogens (primary N) is 1. The molecular formula is C16H20N2O2. The summed E-state index contributed by atoms with van der Waals surface area (Å²) in [5.41, 5.74) is 11.7. The average Bonchev–Trinajstić information content (AvgIpc) is 2.74.